The summed E-state index contributed by atoms with van der Waals surface area (Å²) in [4.78, 5) is 79.2. The van der Waals surface area contributed by atoms with E-state index in [1.54, 1.807) is 7.05 Å². The Morgan fingerprint density at radius 3 is 1.43 bits per heavy atom. The minimum absolute atomic E-state index is 0.0160. The first kappa shape index (κ1) is 28.3. The molecule has 2 rings (SSSR count). The molecule has 2 saturated heterocycles. The number of unbranched alkanes of at least 4 members (excludes halogenated alkanes) is 2. The summed E-state index contributed by atoms with van der Waals surface area (Å²) in [5.74, 6) is -4.58. The molecule has 0 saturated carbocycles. The van der Waals surface area contributed by atoms with E-state index in [1.165, 1.54) is 0 Å². The predicted molar refractivity (Wildman–Crippen MR) is 113 cm³/mol. The van der Waals surface area contributed by atoms with Crippen LogP contribution >= 0.6 is 0 Å². The first-order chi connectivity index (χ1) is 16.3. The molecule has 2 fully saturated rings. The van der Waals surface area contributed by atoms with Gasteiger partial charge in [0.25, 0.3) is 23.6 Å². The maximum atomic E-state index is 11.9. The van der Waals surface area contributed by atoms with Gasteiger partial charge in [-0.2, -0.15) is 0 Å². The fourth-order valence-corrected chi connectivity index (χ4v) is 4.78. The van der Waals surface area contributed by atoms with Crippen LogP contribution in [-0.2, 0) is 48.6 Å². The lowest BCUT2D eigenvalue weighted by molar-refractivity contribution is -0.898. The number of hydroxylamine groups is 4. The summed E-state index contributed by atoms with van der Waals surface area (Å²) < 4.78 is 34.0. The lowest BCUT2D eigenvalue weighted by Crippen LogP contribution is -2.49. The first-order valence-corrected chi connectivity index (χ1v) is 12.8. The average molecular weight is 520 g/mol. The van der Waals surface area contributed by atoms with Crippen LogP contribution < -0.4 is 0 Å². The van der Waals surface area contributed by atoms with Crippen molar-refractivity contribution in [2.45, 2.75) is 64.2 Å². The van der Waals surface area contributed by atoms with Gasteiger partial charge in [0.05, 0.1) is 20.1 Å². The SMILES string of the molecule is C[N+](CCCCC(=O)ON1C(=O)CCC1=O)(CCCCC(=O)ON1C(=O)CCC1=O)CS(=O)(=O)[O-]. The molecule has 2 aliphatic rings. The number of hydrogen-bond donors (Lipinski definition) is 0. The number of imide groups is 2. The average Bonchev–Trinajstić information content (AvgIpc) is 3.23. The Kier molecular flexibility index (Phi) is 9.85. The van der Waals surface area contributed by atoms with Gasteiger partial charge in [0, 0.05) is 38.5 Å². The van der Waals surface area contributed by atoms with Crippen molar-refractivity contribution in [3.63, 3.8) is 0 Å². The Hall–Kier alpha value is -2.91. The van der Waals surface area contributed by atoms with Crippen LogP contribution in [0.3, 0.4) is 0 Å². The van der Waals surface area contributed by atoms with Crippen LogP contribution in [0.5, 0.6) is 0 Å². The van der Waals surface area contributed by atoms with Crippen molar-refractivity contribution in [3.05, 3.63) is 0 Å². The van der Waals surface area contributed by atoms with Crippen LogP contribution in [0.1, 0.15) is 64.2 Å². The lowest BCUT2D eigenvalue weighted by atomic mass is 10.2. The molecule has 0 bridgehead atoms. The van der Waals surface area contributed by atoms with Gasteiger partial charge in [0.15, 0.2) is 5.88 Å². The Bertz CT molecular complexity index is 889. The molecule has 0 aromatic rings. The van der Waals surface area contributed by atoms with Gasteiger partial charge >= 0.3 is 11.9 Å². The third kappa shape index (κ3) is 9.33. The monoisotopic (exact) mass is 519 g/mol. The minimum Gasteiger partial charge on any atom is -0.744 e. The number of quaternary nitrogens is 1. The number of hydrogen-bond acceptors (Lipinski definition) is 11. The Balaban J connectivity index is 1.75. The smallest absolute Gasteiger partial charge is 0.333 e. The van der Waals surface area contributed by atoms with E-state index in [1.807, 2.05) is 0 Å². The predicted octanol–water partition coefficient (Wildman–Crippen LogP) is -0.509. The summed E-state index contributed by atoms with van der Waals surface area (Å²) in [6, 6.07) is 0. The molecule has 0 N–H and O–H groups in total. The van der Waals surface area contributed by atoms with Crippen LogP contribution in [0.2, 0.25) is 0 Å². The third-order valence-corrected chi connectivity index (χ3v) is 6.46. The molecule has 14 nitrogen and oxygen atoms in total. The van der Waals surface area contributed by atoms with Gasteiger partial charge in [-0.3, -0.25) is 19.2 Å². The van der Waals surface area contributed by atoms with Gasteiger partial charge in [0.1, 0.15) is 10.1 Å². The number of nitrogens with zero attached hydrogens (tertiary/aromatic N) is 3. The zero-order valence-electron chi connectivity index (χ0n) is 19.4. The van der Waals surface area contributed by atoms with E-state index in [-0.39, 0.29) is 68.9 Å². The molecule has 0 aromatic heterocycles. The van der Waals surface area contributed by atoms with Crippen molar-refractivity contribution in [2.24, 2.45) is 0 Å². The topological polar surface area (TPSA) is 185 Å². The molecule has 0 aromatic carbocycles. The normalized spacial score (nSPS) is 16.9. The first-order valence-electron chi connectivity index (χ1n) is 11.2. The fraction of sp³-hybridized carbons (Fsp3) is 0.700. The highest BCUT2D eigenvalue weighted by atomic mass is 32.2. The molecule has 2 aliphatic heterocycles. The van der Waals surface area contributed by atoms with Crippen LogP contribution in [0.25, 0.3) is 0 Å². The van der Waals surface area contributed by atoms with Crippen molar-refractivity contribution in [3.8, 4) is 0 Å². The summed E-state index contributed by atoms with van der Waals surface area (Å²) in [6.45, 7) is 0.467. The van der Waals surface area contributed by atoms with Crippen molar-refractivity contribution in [1.82, 2.24) is 10.1 Å². The Morgan fingerprint density at radius 1 is 0.771 bits per heavy atom. The summed E-state index contributed by atoms with van der Waals surface area (Å²) in [5, 5.41) is 0.903. The van der Waals surface area contributed by atoms with E-state index >= 15 is 0 Å². The zero-order chi connectivity index (χ0) is 26.2. The second-order valence-electron chi connectivity index (χ2n) is 8.76. The largest absolute Gasteiger partial charge is 0.744 e. The van der Waals surface area contributed by atoms with Gasteiger partial charge in [-0.15, -0.1) is 10.1 Å². The number of amides is 4. The van der Waals surface area contributed by atoms with E-state index in [9.17, 15) is 41.7 Å². The van der Waals surface area contributed by atoms with Crippen molar-refractivity contribution in [1.29, 1.82) is 0 Å². The summed E-state index contributed by atoms with van der Waals surface area (Å²) in [7, 11) is -3.00. The molecule has 15 heteroatoms. The lowest BCUT2D eigenvalue weighted by Gasteiger charge is -2.35. The minimum atomic E-state index is -4.57. The zero-order valence-corrected chi connectivity index (χ0v) is 20.2. The molecule has 0 spiro atoms. The van der Waals surface area contributed by atoms with E-state index in [2.05, 4.69) is 0 Å². The Labute approximate surface area is 202 Å². The van der Waals surface area contributed by atoms with Crippen molar-refractivity contribution in [2.75, 3.05) is 26.0 Å². The Morgan fingerprint density at radius 2 is 1.11 bits per heavy atom. The maximum Gasteiger partial charge on any atom is 0.333 e. The molecule has 0 unspecified atom stereocenters. The van der Waals surface area contributed by atoms with Crippen LogP contribution in [0, 0.1) is 0 Å². The van der Waals surface area contributed by atoms with Crippen molar-refractivity contribution >= 4 is 45.7 Å². The van der Waals surface area contributed by atoms with Gasteiger partial charge in [-0.25, -0.2) is 18.0 Å². The highest BCUT2D eigenvalue weighted by Crippen LogP contribution is 2.16. The van der Waals surface area contributed by atoms with Gasteiger partial charge in [-0.05, 0) is 25.7 Å². The summed E-state index contributed by atoms with van der Waals surface area (Å²) >= 11 is 0. The molecule has 0 aliphatic carbocycles. The van der Waals surface area contributed by atoms with E-state index < -0.39 is 51.6 Å². The number of carbonyl (C=O) groups is 6. The van der Waals surface area contributed by atoms with Crippen LogP contribution in [0.15, 0.2) is 0 Å². The van der Waals surface area contributed by atoms with Gasteiger partial charge < -0.3 is 18.7 Å². The molecule has 35 heavy (non-hydrogen) atoms. The number of carbonyl (C=O) groups excluding carboxylic acids is 6. The van der Waals surface area contributed by atoms with E-state index in [0.29, 0.717) is 23.0 Å². The maximum absolute atomic E-state index is 11.9. The van der Waals surface area contributed by atoms with Crippen LogP contribution in [0.4, 0.5) is 0 Å². The summed E-state index contributed by atoms with van der Waals surface area (Å²) in [6.07, 6.45) is 0.958. The molecule has 4 amide bonds. The van der Waals surface area contributed by atoms with Gasteiger partial charge in [0.2, 0.25) is 0 Å². The molecular formula is C20H29N3O11S. The van der Waals surface area contributed by atoms with Crippen molar-refractivity contribution < 1.29 is 55.9 Å². The highest BCUT2D eigenvalue weighted by Gasteiger charge is 2.34. The molecular weight excluding hydrogens is 490 g/mol. The number of rotatable bonds is 14. The molecule has 0 radical (unpaired) electrons. The molecule has 0 atom stereocenters. The standard InChI is InChI=1S/C20H29N3O11S/c1-23(14-35(30,31)32,12-4-2-6-19(28)33-21-15(24)8-9-16(21)25)13-5-3-7-20(29)34-22-17(26)10-11-18(22)27/h2-14H2,1H3. The van der Waals surface area contributed by atoms with Gasteiger partial charge in [-0.1, -0.05) is 0 Å². The van der Waals surface area contributed by atoms with Crippen LogP contribution in [-0.4, -0.2) is 89.2 Å². The fourth-order valence-electron chi connectivity index (χ4n) is 3.76. The summed E-state index contributed by atoms with van der Waals surface area (Å²) in [5.41, 5.74) is 0. The molecule has 196 valence electrons. The van der Waals surface area contributed by atoms with E-state index in [4.69, 9.17) is 9.68 Å². The molecule has 2 heterocycles. The quantitative estimate of drug-likeness (QED) is 0.125. The second-order valence-corrected chi connectivity index (χ2v) is 10.1. The van der Waals surface area contributed by atoms with E-state index in [0.717, 1.165) is 0 Å². The highest BCUT2D eigenvalue weighted by molar-refractivity contribution is 7.85. The third-order valence-electron chi connectivity index (χ3n) is 5.53. The second kappa shape index (κ2) is 12.2.